The van der Waals surface area contributed by atoms with Gasteiger partial charge in [0.1, 0.15) is 5.82 Å². The molecule has 5 heteroatoms. The van der Waals surface area contributed by atoms with E-state index in [9.17, 15) is 14.3 Å². The number of aliphatic hydroxyl groups excluding tert-OH is 1. The third kappa shape index (κ3) is 4.21. The molecule has 1 aromatic carbocycles. The number of hydrogen-bond donors (Lipinski definition) is 1. The molecule has 2 aliphatic heterocycles. The lowest BCUT2D eigenvalue weighted by molar-refractivity contribution is -0.140. The molecule has 0 aromatic heterocycles. The summed E-state index contributed by atoms with van der Waals surface area (Å²) >= 11 is 0. The van der Waals surface area contributed by atoms with E-state index in [-0.39, 0.29) is 23.7 Å². The molecule has 25 heavy (non-hydrogen) atoms. The molecule has 2 atom stereocenters. The molecule has 1 aromatic rings. The highest BCUT2D eigenvalue weighted by atomic mass is 19.1. The first-order chi connectivity index (χ1) is 12.1. The minimum atomic E-state index is -0.584. The molecule has 1 N–H and O–H groups in total. The lowest BCUT2D eigenvalue weighted by Crippen LogP contribution is -2.52. The number of likely N-dealkylation sites (tertiary alicyclic amines) is 2. The summed E-state index contributed by atoms with van der Waals surface area (Å²) in [6.07, 6.45) is 4.28. The Bertz CT molecular complexity index is 570. The van der Waals surface area contributed by atoms with Crippen molar-refractivity contribution in [3.63, 3.8) is 0 Å². The van der Waals surface area contributed by atoms with Gasteiger partial charge < -0.3 is 10.0 Å². The first-order valence-electron chi connectivity index (χ1n) is 9.56. The molecular weight excluding hydrogens is 319 g/mol. The van der Waals surface area contributed by atoms with Crippen LogP contribution >= 0.6 is 0 Å². The number of halogens is 1. The zero-order valence-corrected chi connectivity index (χ0v) is 15.0. The van der Waals surface area contributed by atoms with Crippen molar-refractivity contribution in [1.82, 2.24) is 9.80 Å². The number of piperidine rings is 2. The highest BCUT2D eigenvalue weighted by Crippen LogP contribution is 2.31. The van der Waals surface area contributed by atoms with E-state index >= 15 is 0 Å². The third-order valence-corrected chi connectivity index (χ3v) is 5.81. The van der Waals surface area contributed by atoms with Crippen molar-refractivity contribution >= 4 is 5.91 Å². The van der Waals surface area contributed by atoms with Gasteiger partial charge in [0, 0.05) is 13.1 Å². The topological polar surface area (TPSA) is 43.8 Å². The maximum Gasteiger partial charge on any atom is 0.239 e. The predicted octanol–water partition coefficient (Wildman–Crippen LogP) is 2.97. The van der Waals surface area contributed by atoms with Crippen molar-refractivity contribution in [2.24, 2.45) is 5.92 Å². The largest absolute Gasteiger partial charge is 0.388 e. The molecule has 2 saturated heterocycles. The standard InChI is InChI=1S/C20H29FN2O2/c1-2-22-12-4-3-5-18(22)20(25)23-13-10-16(11-14-23)19(24)15-6-8-17(21)9-7-15/h6-9,16,18-19,24H,2-5,10-14H2,1H3/t18-,19?/m0/s1. The van der Waals surface area contributed by atoms with Crippen LogP contribution in [0, 0.1) is 11.7 Å². The van der Waals surface area contributed by atoms with E-state index in [1.54, 1.807) is 12.1 Å². The van der Waals surface area contributed by atoms with Crippen molar-refractivity contribution in [3.8, 4) is 0 Å². The molecule has 2 aliphatic rings. The van der Waals surface area contributed by atoms with Crippen LogP contribution in [0.5, 0.6) is 0 Å². The van der Waals surface area contributed by atoms with Crippen molar-refractivity contribution in [2.45, 2.75) is 51.2 Å². The Balaban J connectivity index is 1.56. The van der Waals surface area contributed by atoms with Gasteiger partial charge in [-0.1, -0.05) is 25.5 Å². The smallest absolute Gasteiger partial charge is 0.239 e. The first-order valence-corrected chi connectivity index (χ1v) is 9.56. The Labute approximate surface area is 149 Å². The number of aliphatic hydroxyl groups is 1. The number of rotatable bonds is 4. The number of likely N-dealkylation sites (N-methyl/N-ethyl adjacent to an activating group) is 1. The Morgan fingerprint density at radius 3 is 2.48 bits per heavy atom. The second-order valence-corrected chi connectivity index (χ2v) is 7.30. The van der Waals surface area contributed by atoms with Crippen LogP contribution < -0.4 is 0 Å². The van der Waals surface area contributed by atoms with E-state index in [0.29, 0.717) is 13.1 Å². The van der Waals surface area contributed by atoms with Crippen LogP contribution in [0.3, 0.4) is 0 Å². The van der Waals surface area contributed by atoms with Gasteiger partial charge in [0.15, 0.2) is 0 Å². The molecule has 1 unspecified atom stereocenters. The van der Waals surface area contributed by atoms with Crippen molar-refractivity contribution in [1.29, 1.82) is 0 Å². The maximum atomic E-state index is 13.0. The normalized spacial score (nSPS) is 24.3. The van der Waals surface area contributed by atoms with E-state index in [1.807, 2.05) is 4.90 Å². The molecule has 0 saturated carbocycles. The number of amides is 1. The fraction of sp³-hybridized carbons (Fsp3) is 0.650. The summed E-state index contributed by atoms with van der Waals surface area (Å²) in [5.74, 6) is 0.101. The molecule has 0 bridgehead atoms. The SMILES string of the molecule is CCN1CCCC[C@H]1C(=O)N1CCC(C(O)c2ccc(F)cc2)CC1. The van der Waals surface area contributed by atoms with Gasteiger partial charge in [-0.2, -0.15) is 0 Å². The average Bonchev–Trinajstić information content (AvgIpc) is 2.67. The molecule has 138 valence electrons. The number of carbonyl (C=O) groups excluding carboxylic acids is 1. The highest BCUT2D eigenvalue weighted by molar-refractivity contribution is 5.82. The van der Waals surface area contributed by atoms with Gasteiger partial charge >= 0.3 is 0 Å². The van der Waals surface area contributed by atoms with Crippen molar-refractivity contribution < 1.29 is 14.3 Å². The van der Waals surface area contributed by atoms with Gasteiger partial charge in [0.2, 0.25) is 5.91 Å². The van der Waals surface area contributed by atoms with Gasteiger partial charge in [-0.15, -0.1) is 0 Å². The van der Waals surface area contributed by atoms with E-state index < -0.39 is 6.10 Å². The van der Waals surface area contributed by atoms with Crippen LogP contribution in [0.15, 0.2) is 24.3 Å². The summed E-state index contributed by atoms with van der Waals surface area (Å²) in [7, 11) is 0. The fourth-order valence-corrected chi connectivity index (χ4v) is 4.23. The number of nitrogens with zero attached hydrogens (tertiary/aromatic N) is 2. The highest BCUT2D eigenvalue weighted by Gasteiger charge is 2.34. The minimum absolute atomic E-state index is 0.0392. The number of carbonyl (C=O) groups is 1. The molecule has 0 aliphatic carbocycles. The van der Waals surface area contributed by atoms with Gasteiger partial charge in [-0.25, -0.2) is 4.39 Å². The Morgan fingerprint density at radius 2 is 1.84 bits per heavy atom. The van der Waals surface area contributed by atoms with Gasteiger partial charge in [0.25, 0.3) is 0 Å². The van der Waals surface area contributed by atoms with Crippen LogP contribution in [0.25, 0.3) is 0 Å². The lowest BCUT2D eigenvalue weighted by atomic mass is 9.87. The summed E-state index contributed by atoms with van der Waals surface area (Å²) in [5.41, 5.74) is 0.760. The molecule has 2 fully saturated rings. The van der Waals surface area contributed by atoms with Crippen molar-refractivity contribution in [3.05, 3.63) is 35.6 Å². The van der Waals surface area contributed by atoms with Crippen LogP contribution in [0.2, 0.25) is 0 Å². The van der Waals surface area contributed by atoms with Gasteiger partial charge in [0.05, 0.1) is 12.1 Å². The van der Waals surface area contributed by atoms with E-state index in [0.717, 1.165) is 44.3 Å². The van der Waals surface area contributed by atoms with Crippen molar-refractivity contribution in [2.75, 3.05) is 26.2 Å². The Hall–Kier alpha value is -1.46. The van der Waals surface area contributed by atoms with Crippen LogP contribution in [-0.4, -0.2) is 53.0 Å². The van der Waals surface area contributed by atoms with E-state index in [4.69, 9.17) is 0 Å². The number of hydrogen-bond acceptors (Lipinski definition) is 3. The zero-order valence-electron chi connectivity index (χ0n) is 15.0. The molecule has 4 nitrogen and oxygen atoms in total. The van der Waals surface area contributed by atoms with Crippen LogP contribution in [0.4, 0.5) is 4.39 Å². The average molecular weight is 348 g/mol. The van der Waals surface area contributed by atoms with Gasteiger partial charge in [-0.05, 0) is 62.4 Å². The van der Waals surface area contributed by atoms with Crippen LogP contribution in [0.1, 0.15) is 50.7 Å². The number of benzene rings is 1. The van der Waals surface area contributed by atoms with Gasteiger partial charge in [-0.3, -0.25) is 9.69 Å². The second-order valence-electron chi connectivity index (χ2n) is 7.30. The Morgan fingerprint density at radius 1 is 1.16 bits per heavy atom. The summed E-state index contributed by atoms with van der Waals surface area (Å²) in [6.45, 7) is 5.48. The first kappa shape index (κ1) is 18.3. The van der Waals surface area contributed by atoms with Crippen LogP contribution in [-0.2, 0) is 4.79 Å². The molecule has 2 heterocycles. The monoisotopic (exact) mass is 348 g/mol. The maximum absolute atomic E-state index is 13.0. The summed E-state index contributed by atoms with van der Waals surface area (Å²) in [5, 5.41) is 10.6. The third-order valence-electron chi connectivity index (χ3n) is 5.81. The molecule has 3 rings (SSSR count). The minimum Gasteiger partial charge on any atom is -0.388 e. The lowest BCUT2D eigenvalue weighted by Gasteiger charge is -2.40. The quantitative estimate of drug-likeness (QED) is 0.910. The Kier molecular flexibility index (Phi) is 6.07. The summed E-state index contributed by atoms with van der Waals surface area (Å²) in [4.78, 5) is 17.2. The van der Waals surface area contributed by atoms with E-state index in [1.165, 1.54) is 18.6 Å². The summed E-state index contributed by atoms with van der Waals surface area (Å²) < 4.78 is 13.0. The second kappa shape index (κ2) is 8.28. The predicted molar refractivity (Wildman–Crippen MR) is 95.5 cm³/mol. The van der Waals surface area contributed by atoms with E-state index in [2.05, 4.69) is 11.8 Å². The molecule has 0 spiro atoms. The molecule has 0 radical (unpaired) electrons. The fourth-order valence-electron chi connectivity index (χ4n) is 4.23. The zero-order chi connectivity index (χ0) is 17.8. The summed E-state index contributed by atoms with van der Waals surface area (Å²) in [6, 6.07) is 6.12. The molecular formula is C20H29FN2O2. The molecule has 1 amide bonds.